The van der Waals surface area contributed by atoms with Crippen LogP contribution in [0.4, 0.5) is 13.2 Å². The summed E-state index contributed by atoms with van der Waals surface area (Å²) >= 11 is 0. The summed E-state index contributed by atoms with van der Waals surface area (Å²) in [6.07, 6.45) is 0. The van der Waals surface area contributed by atoms with Crippen molar-refractivity contribution in [3.05, 3.63) is 58.9 Å². The number of halogens is 3. The number of nitrogens with one attached hydrogen (secondary N) is 1. The highest BCUT2D eigenvalue weighted by molar-refractivity contribution is 5.67. The highest BCUT2D eigenvalue weighted by atomic mass is 19.1. The molecule has 0 aliphatic heterocycles. The third kappa shape index (κ3) is 2.63. The second kappa shape index (κ2) is 5.45. The minimum absolute atomic E-state index is 0.0496. The molecule has 0 spiro atoms. The molecule has 4 heteroatoms. The van der Waals surface area contributed by atoms with Crippen molar-refractivity contribution in [1.29, 1.82) is 0 Å². The summed E-state index contributed by atoms with van der Waals surface area (Å²) in [6, 6.07) is 6.76. The van der Waals surface area contributed by atoms with Crippen LogP contribution in [0.3, 0.4) is 0 Å². The molecule has 0 bridgehead atoms. The van der Waals surface area contributed by atoms with Gasteiger partial charge in [-0.2, -0.15) is 0 Å². The van der Waals surface area contributed by atoms with Gasteiger partial charge in [-0.3, -0.25) is 0 Å². The summed E-state index contributed by atoms with van der Waals surface area (Å²) in [6.45, 7) is 2.02. The molecule has 0 amide bonds. The molecule has 0 heterocycles. The van der Waals surface area contributed by atoms with Crippen molar-refractivity contribution in [2.24, 2.45) is 0 Å². The van der Waals surface area contributed by atoms with Crippen LogP contribution in [0.2, 0.25) is 0 Å². The van der Waals surface area contributed by atoms with E-state index in [1.54, 1.807) is 13.1 Å². The van der Waals surface area contributed by atoms with Crippen LogP contribution in [0.1, 0.15) is 11.1 Å². The third-order valence-corrected chi connectivity index (χ3v) is 2.97. The zero-order valence-corrected chi connectivity index (χ0v) is 10.7. The highest BCUT2D eigenvalue weighted by Gasteiger charge is 2.17. The van der Waals surface area contributed by atoms with Gasteiger partial charge in [-0.05, 0) is 43.3 Å². The molecule has 2 aromatic carbocycles. The summed E-state index contributed by atoms with van der Waals surface area (Å²) in [5, 5.41) is 2.91. The second-order valence-corrected chi connectivity index (χ2v) is 4.40. The van der Waals surface area contributed by atoms with Crippen molar-refractivity contribution >= 4 is 0 Å². The van der Waals surface area contributed by atoms with E-state index in [2.05, 4.69) is 5.32 Å². The molecule has 0 radical (unpaired) electrons. The Morgan fingerprint density at radius 2 is 1.68 bits per heavy atom. The molecular weight excluding hydrogens is 251 g/mol. The summed E-state index contributed by atoms with van der Waals surface area (Å²) in [7, 11) is 1.75. The van der Waals surface area contributed by atoms with E-state index in [1.807, 2.05) is 0 Å². The summed E-state index contributed by atoms with van der Waals surface area (Å²) in [5.41, 5.74) is 0.691. The maximum atomic E-state index is 14.0. The van der Waals surface area contributed by atoms with Gasteiger partial charge >= 0.3 is 0 Å². The van der Waals surface area contributed by atoms with E-state index in [4.69, 9.17) is 0 Å². The summed E-state index contributed by atoms with van der Waals surface area (Å²) in [5.74, 6) is -2.12. The molecule has 0 saturated carbocycles. The maximum Gasteiger partial charge on any atom is 0.136 e. The number of hydrogen-bond acceptors (Lipinski definition) is 1. The molecule has 100 valence electrons. The zero-order chi connectivity index (χ0) is 14.0. The highest BCUT2D eigenvalue weighted by Crippen LogP contribution is 2.30. The lowest BCUT2D eigenvalue weighted by molar-refractivity contribution is 0.576. The molecule has 0 saturated heterocycles. The number of aryl methyl sites for hydroxylation is 1. The molecule has 0 aliphatic carbocycles. The molecule has 1 nitrogen and oxygen atoms in total. The van der Waals surface area contributed by atoms with Crippen molar-refractivity contribution in [3.63, 3.8) is 0 Å². The van der Waals surface area contributed by atoms with Crippen LogP contribution in [0.5, 0.6) is 0 Å². The summed E-state index contributed by atoms with van der Waals surface area (Å²) < 4.78 is 41.6. The fraction of sp³-hybridized carbons (Fsp3) is 0.200. The van der Waals surface area contributed by atoms with Gasteiger partial charge in [-0.1, -0.05) is 12.1 Å². The molecule has 2 aromatic rings. The first-order chi connectivity index (χ1) is 9.04. The Labute approximate surface area is 110 Å². The van der Waals surface area contributed by atoms with Gasteiger partial charge in [0.2, 0.25) is 0 Å². The molecule has 0 fully saturated rings. The van der Waals surface area contributed by atoms with Gasteiger partial charge in [0.05, 0.1) is 5.56 Å². The molecule has 0 unspecified atom stereocenters. The minimum Gasteiger partial charge on any atom is -0.316 e. The second-order valence-electron chi connectivity index (χ2n) is 4.40. The van der Waals surface area contributed by atoms with Gasteiger partial charge in [0, 0.05) is 12.1 Å². The normalized spacial score (nSPS) is 10.8. The molecule has 0 aliphatic rings. The van der Waals surface area contributed by atoms with Crippen LogP contribution in [0.25, 0.3) is 11.1 Å². The Morgan fingerprint density at radius 1 is 1.00 bits per heavy atom. The van der Waals surface area contributed by atoms with Crippen LogP contribution in [0, 0.1) is 24.4 Å². The van der Waals surface area contributed by atoms with Gasteiger partial charge in [0.15, 0.2) is 0 Å². The Kier molecular flexibility index (Phi) is 3.90. The monoisotopic (exact) mass is 265 g/mol. The standard InChI is InChI=1S/C15H14F3N/c1-9-3-5-13(17)14(15(9)18)11-7-10(8-19-2)4-6-12(11)16/h3-7,19H,8H2,1-2H3. The molecule has 19 heavy (non-hydrogen) atoms. The van der Waals surface area contributed by atoms with Gasteiger partial charge in [0.1, 0.15) is 17.5 Å². The SMILES string of the molecule is CNCc1ccc(F)c(-c2c(F)ccc(C)c2F)c1. The van der Waals surface area contributed by atoms with Gasteiger partial charge in [0.25, 0.3) is 0 Å². The lowest BCUT2D eigenvalue weighted by atomic mass is 9.99. The molecule has 0 aromatic heterocycles. The van der Waals surface area contributed by atoms with E-state index in [1.165, 1.54) is 25.1 Å². The third-order valence-electron chi connectivity index (χ3n) is 2.97. The smallest absolute Gasteiger partial charge is 0.136 e. The minimum atomic E-state index is -0.761. The Morgan fingerprint density at radius 3 is 2.37 bits per heavy atom. The van der Waals surface area contributed by atoms with Crippen LogP contribution < -0.4 is 5.32 Å². The molecule has 1 N–H and O–H groups in total. The Bertz CT molecular complexity index is 609. The average molecular weight is 265 g/mol. The molecule has 2 rings (SSSR count). The van der Waals surface area contributed by atoms with E-state index in [9.17, 15) is 13.2 Å². The topological polar surface area (TPSA) is 12.0 Å². The number of benzene rings is 2. The van der Waals surface area contributed by atoms with Crippen LogP contribution in [-0.2, 0) is 6.54 Å². The van der Waals surface area contributed by atoms with Crippen LogP contribution in [-0.4, -0.2) is 7.05 Å². The van der Waals surface area contributed by atoms with E-state index >= 15 is 0 Å². The fourth-order valence-electron chi connectivity index (χ4n) is 1.98. The van der Waals surface area contributed by atoms with Gasteiger partial charge < -0.3 is 5.32 Å². The molecule has 0 atom stereocenters. The Hall–Kier alpha value is -1.81. The van der Waals surface area contributed by atoms with E-state index < -0.39 is 17.5 Å². The zero-order valence-electron chi connectivity index (χ0n) is 10.7. The summed E-state index contributed by atoms with van der Waals surface area (Å²) in [4.78, 5) is 0. The first-order valence-corrected chi connectivity index (χ1v) is 5.92. The van der Waals surface area contributed by atoms with Crippen molar-refractivity contribution in [2.75, 3.05) is 7.05 Å². The molecular formula is C15H14F3N. The van der Waals surface area contributed by atoms with Crippen molar-refractivity contribution < 1.29 is 13.2 Å². The first-order valence-electron chi connectivity index (χ1n) is 5.92. The first kappa shape index (κ1) is 13.6. The predicted octanol–water partition coefficient (Wildman–Crippen LogP) is 3.80. The van der Waals surface area contributed by atoms with Gasteiger partial charge in [-0.25, -0.2) is 13.2 Å². The predicted molar refractivity (Wildman–Crippen MR) is 69.3 cm³/mol. The Balaban J connectivity index is 2.64. The van der Waals surface area contributed by atoms with E-state index in [0.717, 1.165) is 11.6 Å². The van der Waals surface area contributed by atoms with Crippen molar-refractivity contribution in [3.8, 4) is 11.1 Å². The maximum absolute atomic E-state index is 14.0. The lowest BCUT2D eigenvalue weighted by Gasteiger charge is -2.10. The van der Waals surface area contributed by atoms with Crippen LogP contribution in [0.15, 0.2) is 30.3 Å². The quantitative estimate of drug-likeness (QED) is 0.890. The van der Waals surface area contributed by atoms with Crippen molar-refractivity contribution in [2.45, 2.75) is 13.5 Å². The average Bonchev–Trinajstić information content (AvgIpc) is 2.38. The van der Waals surface area contributed by atoms with Crippen molar-refractivity contribution in [1.82, 2.24) is 5.32 Å². The van der Waals surface area contributed by atoms with Gasteiger partial charge in [-0.15, -0.1) is 0 Å². The lowest BCUT2D eigenvalue weighted by Crippen LogP contribution is -2.05. The largest absolute Gasteiger partial charge is 0.316 e. The van der Waals surface area contributed by atoms with E-state index in [0.29, 0.717) is 6.54 Å². The fourth-order valence-corrected chi connectivity index (χ4v) is 1.98. The number of rotatable bonds is 3. The van der Waals surface area contributed by atoms with E-state index in [-0.39, 0.29) is 16.7 Å². The number of hydrogen-bond donors (Lipinski definition) is 1. The van der Waals surface area contributed by atoms with Crippen LogP contribution >= 0.6 is 0 Å².